The summed E-state index contributed by atoms with van der Waals surface area (Å²) in [4.78, 5) is 15.5. The van der Waals surface area contributed by atoms with E-state index in [0.29, 0.717) is 23.7 Å². The van der Waals surface area contributed by atoms with Crippen LogP contribution in [0.15, 0.2) is 35.3 Å². The van der Waals surface area contributed by atoms with Crippen molar-refractivity contribution in [2.75, 3.05) is 5.32 Å². The fourth-order valence-corrected chi connectivity index (χ4v) is 1.89. The van der Waals surface area contributed by atoms with Gasteiger partial charge in [0, 0.05) is 15.9 Å². The Bertz CT molecular complexity index is 544. The SMILES string of the molecule is O=C(CCn1cncn1)Nc1cc(Cl)ccc1Br. The van der Waals surface area contributed by atoms with Gasteiger partial charge in [-0.15, -0.1) is 0 Å². The van der Waals surface area contributed by atoms with Gasteiger partial charge in [-0.05, 0) is 34.1 Å². The molecule has 0 spiro atoms. The van der Waals surface area contributed by atoms with Gasteiger partial charge in [-0.3, -0.25) is 9.48 Å². The molecule has 1 aromatic carbocycles. The van der Waals surface area contributed by atoms with E-state index in [1.807, 2.05) is 0 Å². The highest BCUT2D eigenvalue weighted by Gasteiger charge is 2.06. The molecule has 0 unspecified atom stereocenters. The first-order valence-corrected chi connectivity index (χ1v) is 6.39. The molecule has 1 N–H and O–H groups in total. The zero-order valence-electron chi connectivity index (χ0n) is 9.31. The van der Waals surface area contributed by atoms with E-state index in [2.05, 4.69) is 31.3 Å². The van der Waals surface area contributed by atoms with Crippen molar-refractivity contribution in [3.8, 4) is 0 Å². The van der Waals surface area contributed by atoms with E-state index >= 15 is 0 Å². The van der Waals surface area contributed by atoms with E-state index in [-0.39, 0.29) is 5.91 Å². The van der Waals surface area contributed by atoms with Gasteiger partial charge in [0.1, 0.15) is 12.7 Å². The van der Waals surface area contributed by atoms with Gasteiger partial charge in [0.05, 0.1) is 12.2 Å². The first-order chi connectivity index (χ1) is 8.65. The highest BCUT2D eigenvalue weighted by Crippen LogP contribution is 2.25. The Kier molecular flexibility index (Phi) is 4.33. The maximum absolute atomic E-state index is 11.7. The predicted octanol–water partition coefficient (Wildman–Crippen LogP) is 2.72. The van der Waals surface area contributed by atoms with E-state index in [0.717, 1.165) is 4.47 Å². The molecule has 0 radical (unpaired) electrons. The van der Waals surface area contributed by atoms with E-state index in [4.69, 9.17) is 11.6 Å². The van der Waals surface area contributed by atoms with E-state index in [1.54, 1.807) is 29.2 Å². The number of benzene rings is 1. The first kappa shape index (κ1) is 13.0. The van der Waals surface area contributed by atoms with Crippen LogP contribution in [0, 0.1) is 0 Å². The van der Waals surface area contributed by atoms with Gasteiger partial charge in [-0.2, -0.15) is 5.10 Å². The number of carbonyl (C=O) groups excluding carboxylic acids is 1. The van der Waals surface area contributed by atoms with Gasteiger partial charge >= 0.3 is 0 Å². The maximum atomic E-state index is 11.7. The second-order valence-corrected chi connectivity index (χ2v) is 4.87. The molecule has 1 aromatic heterocycles. The second kappa shape index (κ2) is 5.97. The fourth-order valence-electron chi connectivity index (χ4n) is 1.37. The lowest BCUT2D eigenvalue weighted by molar-refractivity contribution is -0.116. The van der Waals surface area contributed by atoms with Crippen LogP contribution in [0.1, 0.15) is 6.42 Å². The number of nitrogens with one attached hydrogen (secondary N) is 1. The van der Waals surface area contributed by atoms with Gasteiger partial charge in [0.25, 0.3) is 0 Å². The molecule has 2 aromatic rings. The number of halogens is 2. The average molecular weight is 330 g/mol. The predicted molar refractivity (Wildman–Crippen MR) is 72.4 cm³/mol. The molecule has 0 saturated carbocycles. The lowest BCUT2D eigenvalue weighted by Gasteiger charge is -2.07. The number of amides is 1. The van der Waals surface area contributed by atoms with Gasteiger partial charge in [-0.25, -0.2) is 4.98 Å². The molecule has 0 aliphatic rings. The molecule has 0 aliphatic heterocycles. The lowest BCUT2D eigenvalue weighted by Crippen LogP contribution is -2.15. The van der Waals surface area contributed by atoms with E-state index in [9.17, 15) is 4.79 Å². The van der Waals surface area contributed by atoms with Gasteiger partial charge in [0.2, 0.25) is 5.91 Å². The summed E-state index contributed by atoms with van der Waals surface area (Å²) >= 11 is 9.21. The minimum absolute atomic E-state index is 0.103. The zero-order valence-corrected chi connectivity index (χ0v) is 11.6. The minimum atomic E-state index is -0.103. The van der Waals surface area contributed by atoms with Crippen molar-refractivity contribution in [1.82, 2.24) is 14.8 Å². The molecule has 1 amide bonds. The van der Waals surface area contributed by atoms with Crippen LogP contribution in [0.2, 0.25) is 5.02 Å². The third-order valence-corrected chi connectivity index (χ3v) is 3.16. The molecule has 0 bridgehead atoms. The molecule has 0 fully saturated rings. The summed E-state index contributed by atoms with van der Waals surface area (Å²) in [6.07, 6.45) is 3.33. The number of hydrogen-bond acceptors (Lipinski definition) is 3. The Morgan fingerprint density at radius 2 is 2.33 bits per heavy atom. The minimum Gasteiger partial charge on any atom is -0.325 e. The van der Waals surface area contributed by atoms with Crippen LogP contribution < -0.4 is 5.32 Å². The smallest absolute Gasteiger partial charge is 0.226 e. The van der Waals surface area contributed by atoms with Gasteiger partial charge < -0.3 is 5.32 Å². The summed E-state index contributed by atoms with van der Waals surface area (Å²) in [5, 5.41) is 7.28. The van der Waals surface area contributed by atoms with Crippen molar-refractivity contribution >= 4 is 39.1 Å². The molecule has 18 heavy (non-hydrogen) atoms. The molecule has 7 heteroatoms. The average Bonchev–Trinajstić information content (AvgIpc) is 2.84. The number of nitrogens with zero attached hydrogens (tertiary/aromatic N) is 3. The molecular weight excluding hydrogens is 320 g/mol. The standard InChI is InChI=1S/C11H10BrClN4O/c12-9-2-1-8(13)5-10(9)16-11(18)3-4-17-7-14-6-15-17/h1-2,5-7H,3-4H2,(H,16,18). The molecule has 2 rings (SSSR count). The molecule has 0 aliphatic carbocycles. The van der Waals surface area contributed by atoms with Crippen LogP contribution in [-0.2, 0) is 11.3 Å². The highest BCUT2D eigenvalue weighted by atomic mass is 79.9. The third-order valence-electron chi connectivity index (χ3n) is 2.24. The van der Waals surface area contributed by atoms with Crippen LogP contribution in [0.25, 0.3) is 0 Å². The van der Waals surface area contributed by atoms with Crippen molar-refractivity contribution in [1.29, 1.82) is 0 Å². The summed E-state index contributed by atoms with van der Waals surface area (Å²) in [6, 6.07) is 5.23. The number of aromatic nitrogens is 3. The van der Waals surface area contributed by atoms with Crippen molar-refractivity contribution in [3.05, 3.63) is 40.3 Å². The lowest BCUT2D eigenvalue weighted by atomic mass is 10.3. The third kappa shape index (κ3) is 3.54. The molecule has 0 atom stereocenters. The Labute approximate surface area is 117 Å². The number of rotatable bonds is 4. The van der Waals surface area contributed by atoms with Gasteiger partial charge in [-0.1, -0.05) is 11.6 Å². The second-order valence-electron chi connectivity index (χ2n) is 3.58. The molecule has 1 heterocycles. The van der Waals surface area contributed by atoms with Crippen molar-refractivity contribution < 1.29 is 4.79 Å². The number of hydrogen-bond donors (Lipinski definition) is 1. The summed E-state index contributed by atoms with van der Waals surface area (Å²) in [7, 11) is 0. The summed E-state index contributed by atoms with van der Waals surface area (Å²) in [5.41, 5.74) is 0.658. The first-order valence-electron chi connectivity index (χ1n) is 5.22. The fraction of sp³-hybridized carbons (Fsp3) is 0.182. The highest BCUT2D eigenvalue weighted by molar-refractivity contribution is 9.10. The summed E-state index contributed by atoms with van der Waals surface area (Å²) in [6.45, 7) is 0.490. The Morgan fingerprint density at radius 1 is 1.50 bits per heavy atom. The van der Waals surface area contributed by atoms with Gasteiger partial charge in [0.15, 0.2) is 0 Å². The Morgan fingerprint density at radius 3 is 3.06 bits per heavy atom. The topological polar surface area (TPSA) is 59.8 Å². The quantitative estimate of drug-likeness (QED) is 0.938. The molecule has 0 saturated heterocycles. The number of carbonyl (C=O) groups is 1. The monoisotopic (exact) mass is 328 g/mol. The largest absolute Gasteiger partial charge is 0.325 e. The van der Waals surface area contributed by atoms with E-state index in [1.165, 1.54) is 6.33 Å². The zero-order chi connectivity index (χ0) is 13.0. The van der Waals surface area contributed by atoms with E-state index < -0.39 is 0 Å². The maximum Gasteiger partial charge on any atom is 0.226 e. The Hall–Kier alpha value is -1.40. The van der Waals surface area contributed by atoms with Crippen LogP contribution >= 0.6 is 27.5 Å². The Balaban J connectivity index is 1.92. The van der Waals surface area contributed by atoms with Crippen molar-refractivity contribution in [3.63, 3.8) is 0 Å². The number of aryl methyl sites for hydroxylation is 1. The van der Waals surface area contributed by atoms with Crippen LogP contribution in [0.5, 0.6) is 0 Å². The summed E-state index contributed by atoms with van der Waals surface area (Å²) in [5.74, 6) is -0.103. The van der Waals surface area contributed by atoms with Crippen LogP contribution in [-0.4, -0.2) is 20.7 Å². The summed E-state index contributed by atoms with van der Waals surface area (Å²) < 4.78 is 2.40. The normalized spacial score (nSPS) is 10.3. The molecule has 5 nitrogen and oxygen atoms in total. The number of anilines is 1. The molecule has 94 valence electrons. The van der Waals surface area contributed by atoms with Crippen LogP contribution in [0.3, 0.4) is 0 Å². The van der Waals surface area contributed by atoms with Crippen molar-refractivity contribution in [2.24, 2.45) is 0 Å². The van der Waals surface area contributed by atoms with Crippen LogP contribution in [0.4, 0.5) is 5.69 Å². The molecular formula is C11H10BrClN4O. The van der Waals surface area contributed by atoms with Crippen molar-refractivity contribution in [2.45, 2.75) is 13.0 Å².